The van der Waals surface area contributed by atoms with E-state index >= 15 is 0 Å². The van der Waals surface area contributed by atoms with Gasteiger partial charge in [-0.2, -0.15) is 0 Å². The van der Waals surface area contributed by atoms with Crippen molar-refractivity contribution in [2.75, 3.05) is 27.2 Å². The molecule has 2 aromatic rings. The summed E-state index contributed by atoms with van der Waals surface area (Å²) in [7, 11) is 4.10. The summed E-state index contributed by atoms with van der Waals surface area (Å²) < 4.78 is 2.13. The Hall–Kier alpha value is -1.81. The number of carbonyl (C=O) groups excluding carboxylic acids is 1. The average Bonchev–Trinajstić information content (AvgIpc) is 2.82. The van der Waals surface area contributed by atoms with Gasteiger partial charge in [-0.05, 0) is 70.6 Å². The van der Waals surface area contributed by atoms with Gasteiger partial charge in [-0.1, -0.05) is 13.0 Å². The smallest absolute Gasteiger partial charge is 0.268 e. The van der Waals surface area contributed by atoms with Crippen molar-refractivity contribution in [3.05, 3.63) is 35.0 Å². The molecule has 126 valence electrons. The van der Waals surface area contributed by atoms with Crippen LogP contribution in [0.15, 0.2) is 18.2 Å². The van der Waals surface area contributed by atoms with Gasteiger partial charge in [-0.3, -0.25) is 4.79 Å². The van der Waals surface area contributed by atoms with Crippen LogP contribution in [0.4, 0.5) is 0 Å². The SMILES string of the molecule is CCc1ccc2c(c1)c(C)c(C(=O)NCCCN(C)C)n2CC. The minimum absolute atomic E-state index is 0.0392. The van der Waals surface area contributed by atoms with Crippen molar-refractivity contribution in [3.63, 3.8) is 0 Å². The van der Waals surface area contributed by atoms with Gasteiger partial charge in [-0.15, -0.1) is 0 Å². The number of carbonyl (C=O) groups is 1. The first-order valence-corrected chi connectivity index (χ1v) is 8.54. The van der Waals surface area contributed by atoms with Crippen LogP contribution in [-0.4, -0.2) is 42.6 Å². The number of nitrogens with zero attached hydrogens (tertiary/aromatic N) is 2. The van der Waals surface area contributed by atoms with E-state index in [1.165, 1.54) is 10.9 Å². The minimum Gasteiger partial charge on any atom is -0.351 e. The first-order chi connectivity index (χ1) is 11.0. The summed E-state index contributed by atoms with van der Waals surface area (Å²) in [5, 5.41) is 4.27. The third-order valence-corrected chi connectivity index (χ3v) is 4.39. The van der Waals surface area contributed by atoms with Crippen LogP contribution in [0.1, 0.15) is 41.9 Å². The fraction of sp³-hybridized carbons (Fsp3) is 0.526. The van der Waals surface area contributed by atoms with Gasteiger partial charge in [0.1, 0.15) is 5.69 Å². The highest BCUT2D eigenvalue weighted by atomic mass is 16.1. The molecule has 0 aliphatic carbocycles. The fourth-order valence-electron chi connectivity index (χ4n) is 3.09. The number of amides is 1. The fourth-order valence-corrected chi connectivity index (χ4v) is 3.09. The third kappa shape index (κ3) is 3.75. The van der Waals surface area contributed by atoms with Crippen LogP contribution >= 0.6 is 0 Å². The molecule has 1 amide bonds. The van der Waals surface area contributed by atoms with E-state index in [1.807, 2.05) is 14.1 Å². The molecule has 0 bridgehead atoms. The van der Waals surface area contributed by atoms with Gasteiger partial charge in [0.15, 0.2) is 0 Å². The van der Waals surface area contributed by atoms with E-state index in [1.54, 1.807) is 0 Å². The van der Waals surface area contributed by atoms with E-state index in [9.17, 15) is 4.79 Å². The Labute approximate surface area is 139 Å². The summed E-state index contributed by atoms with van der Waals surface area (Å²) in [5.41, 5.74) is 4.36. The second-order valence-electron chi connectivity index (χ2n) is 6.34. The quantitative estimate of drug-likeness (QED) is 0.797. The normalized spacial score (nSPS) is 11.4. The lowest BCUT2D eigenvalue weighted by Gasteiger charge is -2.12. The third-order valence-electron chi connectivity index (χ3n) is 4.39. The highest BCUT2D eigenvalue weighted by Gasteiger charge is 2.19. The Morgan fingerprint density at radius 2 is 2.00 bits per heavy atom. The first kappa shape index (κ1) is 17.5. The molecule has 4 nitrogen and oxygen atoms in total. The molecule has 0 aliphatic heterocycles. The molecular weight excluding hydrogens is 286 g/mol. The number of rotatable bonds is 7. The second-order valence-corrected chi connectivity index (χ2v) is 6.34. The van der Waals surface area contributed by atoms with Crippen LogP contribution in [0.2, 0.25) is 0 Å². The standard InChI is InChI=1S/C19H29N3O/c1-6-15-9-10-17-16(13-15)14(3)18(22(17)7-2)19(23)20-11-8-12-21(4)5/h9-10,13H,6-8,11-12H2,1-5H3,(H,20,23). The summed E-state index contributed by atoms with van der Waals surface area (Å²) in [6.07, 6.45) is 1.98. The molecule has 0 fully saturated rings. The zero-order valence-electron chi connectivity index (χ0n) is 15.1. The molecule has 1 aromatic heterocycles. The molecule has 4 heteroatoms. The Kier molecular flexibility index (Phi) is 5.83. The monoisotopic (exact) mass is 315 g/mol. The van der Waals surface area contributed by atoms with Gasteiger partial charge in [0.05, 0.1) is 0 Å². The lowest BCUT2D eigenvalue weighted by Crippen LogP contribution is -2.29. The summed E-state index contributed by atoms with van der Waals surface area (Å²) in [6.45, 7) is 8.80. The lowest BCUT2D eigenvalue weighted by molar-refractivity contribution is 0.0943. The van der Waals surface area contributed by atoms with Crippen LogP contribution in [0.3, 0.4) is 0 Å². The van der Waals surface area contributed by atoms with Gasteiger partial charge >= 0.3 is 0 Å². The Morgan fingerprint density at radius 1 is 1.26 bits per heavy atom. The largest absolute Gasteiger partial charge is 0.351 e. The summed E-state index contributed by atoms with van der Waals surface area (Å²) in [5.74, 6) is 0.0392. The number of nitrogens with one attached hydrogen (secondary N) is 1. The number of benzene rings is 1. The van der Waals surface area contributed by atoms with E-state index < -0.39 is 0 Å². The van der Waals surface area contributed by atoms with Crippen LogP contribution in [0.5, 0.6) is 0 Å². The molecule has 0 spiro atoms. The van der Waals surface area contributed by atoms with E-state index in [4.69, 9.17) is 0 Å². The zero-order chi connectivity index (χ0) is 17.0. The number of aromatic nitrogens is 1. The van der Waals surface area contributed by atoms with Crippen molar-refractivity contribution in [1.82, 2.24) is 14.8 Å². The van der Waals surface area contributed by atoms with Gasteiger partial charge in [0, 0.05) is 24.0 Å². The highest BCUT2D eigenvalue weighted by Crippen LogP contribution is 2.27. The predicted molar refractivity (Wildman–Crippen MR) is 97.2 cm³/mol. The molecule has 0 atom stereocenters. The van der Waals surface area contributed by atoms with Crippen LogP contribution in [-0.2, 0) is 13.0 Å². The van der Waals surface area contributed by atoms with Crippen molar-refractivity contribution >= 4 is 16.8 Å². The molecule has 0 saturated heterocycles. The van der Waals surface area contributed by atoms with Crippen molar-refractivity contribution in [2.24, 2.45) is 0 Å². The zero-order valence-corrected chi connectivity index (χ0v) is 15.1. The molecule has 0 unspecified atom stereocenters. The highest BCUT2D eigenvalue weighted by molar-refractivity contribution is 6.01. The molecular formula is C19H29N3O. The average molecular weight is 315 g/mol. The molecule has 1 aromatic carbocycles. The maximum absolute atomic E-state index is 12.7. The first-order valence-electron chi connectivity index (χ1n) is 8.54. The maximum atomic E-state index is 12.7. The topological polar surface area (TPSA) is 37.3 Å². The molecule has 0 saturated carbocycles. The molecule has 1 N–H and O–H groups in total. The van der Waals surface area contributed by atoms with Crippen molar-refractivity contribution in [2.45, 2.75) is 40.2 Å². The van der Waals surface area contributed by atoms with Gasteiger partial charge < -0.3 is 14.8 Å². The van der Waals surface area contributed by atoms with Crippen LogP contribution in [0.25, 0.3) is 10.9 Å². The maximum Gasteiger partial charge on any atom is 0.268 e. The molecule has 0 aliphatic rings. The molecule has 0 radical (unpaired) electrons. The Morgan fingerprint density at radius 3 is 2.61 bits per heavy atom. The van der Waals surface area contributed by atoms with Crippen molar-refractivity contribution in [3.8, 4) is 0 Å². The summed E-state index contributed by atoms with van der Waals surface area (Å²) in [4.78, 5) is 14.8. The number of hydrogen-bond acceptors (Lipinski definition) is 2. The van der Waals surface area contributed by atoms with E-state index in [-0.39, 0.29) is 5.91 Å². The van der Waals surface area contributed by atoms with E-state index in [2.05, 4.69) is 53.8 Å². The van der Waals surface area contributed by atoms with Crippen LogP contribution in [0, 0.1) is 6.92 Å². The lowest BCUT2D eigenvalue weighted by atomic mass is 10.1. The Bertz CT molecular complexity index is 685. The number of fused-ring (bicyclic) bond motifs is 1. The van der Waals surface area contributed by atoms with Crippen molar-refractivity contribution < 1.29 is 4.79 Å². The van der Waals surface area contributed by atoms with E-state index in [0.717, 1.165) is 42.7 Å². The molecule has 23 heavy (non-hydrogen) atoms. The Balaban J connectivity index is 2.28. The second kappa shape index (κ2) is 7.64. The number of aryl methyl sites for hydroxylation is 3. The molecule has 1 heterocycles. The minimum atomic E-state index is 0.0392. The van der Waals surface area contributed by atoms with Gasteiger partial charge in [-0.25, -0.2) is 0 Å². The predicted octanol–water partition coefficient (Wildman–Crippen LogP) is 3.21. The van der Waals surface area contributed by atoms with Gasteiger partial charge in [0.25, 0.3) is 5.91 Å². The van der Waals surface area contributed by atoms with E-state index in [0.29, 0.717) is 6.54 Å². The number of hydrogen-bond donors (Lipinski definition) is 1. The molecule has 2 rings (SSSR count). The summed E-state index contributed by atoms with van der Waals surface area (Å²) >= 11 is 0. The van der Waals surface area contributed by atoms with Crippen LogP contribution < -0.4 is 5.32 Å². The summed E-state index contributed by atoms with van der Waals surface area (Å²) in [6, 6.07) is 6.53. The van der Waals surface area contributed by atoms with Crippen molar-refractivity contribution in [1.29, 1.82) is 0 Å². The van der Waals surface area contributed by atoms with Gasteiger partial charge in [0.2, 0.25) is 0 Å².